The molecule has 0 unspecified atom stereocenters. The standard InChI is InChI=1S/C32H30FN3O5S2/c1-40-13-12-34-19-23-6-8-27(36-20-23)31-18-28-32(42-31)30(10-11-35-28)41-29-9-7-22(17-26(29)33)15-24(37)14-21-4-3-5-25(16-21)43(2,38)39/h3-11,16-18,20,34H,12-15,19H2,1-2H3. The summed E-state index contributed by atoms with van der Waals surface area (Å²) in [6, 6.07) is 18.3. The van der Waals surface area contributed by atoms with Gasteiger partial charge in [-0.05, 0) is 53.1 Å². The van der Waals surface area contributed by atoms with Gasteiger partial charge in [0.15, 0.2) is 21.4 Å². The van der Waals surface area contributed by atoms with Gasteiger partial charge in [-0.3, -0.25) is 14.8 Å². The van der Waals surface area contributed by atoms with Gasteiger partial charge in [0.1, 0.15) is 11.5 Å². The van der Waals surface area contributed by atoms with E-state index in [4.69, 9.17) is 9.47 Å². The Labute approximate surface area is 253 Å². The summed E-state index contributed by atoms with van der Waals surface area (Å²) >= 11 is 1.46. The van der Waals surface area contributed by atoms with E-state index in [0.29, 0.717) is 35.5 Å². The zero-order valence-corrected chi connectivity index (χ0v) is 25.3. The van der Waals surface area contributed by atoms with Crippen LogP contribution in [0.15, 0.2) is 84.0 Å². The number of thiophene rings is 1. The van der Waals surface area contributed by atoms with E-state index in [0.717, 1.165) is 33.6 Å². The molecule has 0 bridgehead atoms. The molecule has 0 aliphatic heterocycles. The Morgan fingerprint density at radius 1 is 0.953 bits per heavy atom. The Hall–Kier alpha value is -4.03. The molecule has 0 aliphatic rings. The number of Topliss-reactive ketones (excluding diaryl/α,β-unsaturated/α-hetero) is 1. The Morgan fingerprint density at radius 3 is 2.47 bits per heavy atom. The molecule has 0 saturated carbocycles. The summed E-state index contributed by atoms with van der Waals surface area (Å²) in [7, 11) is -1.71. The first kappa shape index (κ1) is 30.4. The zero-order valence-electron chi connectivity index (χ0n) is 23.7. The topological polar surface area (TPSA) is 107 Å². The molecule has 0 fully saturated rings. The molecule has 8 nitrogen and oxygen atoms in total. The monoisotopic (exact) mass is 619 g/mol. The fourth-order valence-corrected chi connectivity index (χ4v) is 6.20. The second kappa shape index (κ2) is 13.5. The molecule has 43 heavy (non-hydrogen) atoms. The van der Waals surface area contributed by atoms with Crippen molar-refractivity contribution in [2.24, 2.45) is 0 Å². The van der Waals surface area contributed by atoms with Crippen molar-refractivity contribution >= 4 is 37.2 Å². The van der Waals surface area contributed by atoms with Crippen molar-refractivity contribution in [2.45, 2.75) is 24.3 Å². The first-order chi connectivity index (χ1) is 20.7. The maximum Gasteiger partial charge on any atom is 0.175 e. The number of halogens is 1. The van der Waals surface area contributed by atoms with Crippen molar-refractivity contribution in [1.29, 1.82) is 0 Å². The fraction of sp³-hybridized carbons (Fsp3) is 0.219. The third kappa shape index (κ3) is 7.88. The molecule has 0 saturated heterocycles. The van der Waals surface area contributed by atoms with E-state index >= 15 is 4.39 Å². The zero-order chi connectivity index (χ0) is 30.4. The number of carbonyl (C=O) groups is 1. The van der Waals surface area contributed by atoms with Crippen LogP contribution in [0, 0.1) is 5.82 Å². The summed E-state index contributed by atoms with van der Waals surface area (Å²) in [4.78, 5) is 22.8. The molecular weight excluding hydrogens is 590 g/mol. The van der Waals surface area contributed by atoms with Crippen molar-refractivity contribution in [1.82, 2.24) is 15.3 Å². The lowest BCUT2D eigenvalue weighted by Crippen LogP contribution is -2.18. The molecule has 3 heterocycles. The number of aromatic nitrogens is 2. The smallest absolute Gasteiger partial charge is 0.175 e. The number of hydrogen-bond donors (Lipinski definition) is 1. The fourth-order valence-electron chi connectivity index (χ4n) is 4.46. The molecular formula is C32H30FN3O5S2. The average molecular weight is 620 g/mol. The predicted molar refractivity (Wildman–Crippen MR) is 165 cm³/mol. The van der Waals surface area contributed by atoms with Gasteiger partial charge in [-0.15, -0.1) is 11.3 Å². The second-order valence-corrected chi connectivity index (χ2v) is 13.1. The van der Waals surface area contributed by atoms with Crippen LogP contribution in [0.25, 0.3) is 20.8 Å². The SMILES string of the molecule is COCCNCc1ccc(-c2cc3nccc(Oc4ccc(CC(=O)Cc5cccc(S(C)(=O)=O)c5)cc4F)c3s2)nc1. The molecule has 5 rings (SSSR count). The van der Waals surface area contributed by atoms with Crippen LogP contribution >= 0.6 is 11.3 Å². The highest BCUT2D eigenvalue weighted by atomic mass is 32.2. The van der Waals surface area contributed by atoms with Gasteiger partial charge >= 0.3 is 0 Å². The molecule has 0 aliphatic carbocycles. The second-order valence-electron chi connectivity index (χ2n) is 10.0. The number of fused-ring (bicyclic) bond motifs is 1. The number of ether oxygens (including phenoxy) is 2. The van der Waals surface area contributed by atoms with E-state index < -0.39 is 15.7 Å². The largest absolute Gasteiger partial charge is 0.453 e. The summed E-state index contributed by atoms with van der Waals surface area (Å²) in [5.41, 5.74) is 3.66. The Kier molecular flexibility index (Phi) is 9.56. The van der Waals surface area contributed by atoms with Crippen molar-refractivity contribution in [3.8, 4) is 22.1 Å². The molecule has 11 heteroatoms. The van der Waals surface area contributed by atoms with E-state index in [1.54, 1.807) is 37.6 Å². The van der Waals surface area contributed by atoms with E-state index in [1.807, 2.05) is 24.4 Å². The lowest BCUT2D eigenvalue weighted by Gasteiger charge is -2.09. The van der Waals surface area contributed by atoms with E-state index in [-0.39, 0.29) is 29.3 Å². The van der Waals surface area contributed by atoms with Crippen LogP contribution in [0.3, 0.4) is 0 Å². The van der Waals surface area contributed by atoms with Gasteiger partial charge in [0, 0.05) is 57.8 Å². The molecule has 0 amide bonds. The Bertz CT molecular complexity index is 1860. The quantitative estimate of drug-likeness (QED) is 0.165. The molecule has 5 aromatic rings. The highest BCUT2D eigenvalue weighted by Gasteiger charge is 2.15. The molecule has 1 N–H and O–H groups in total. The third-order valence-electron chi connectivity index (χ3n) is 6.61. The minimum Gasteiger partial charge on any atom is -0.453 e. The molecule has 2 aromatic carbocycles. The van der Waals surface area contributed by atoms with Crippen molar-refractivity contribution in [2.75, 3.05) is 26.5 Å². The maximum absolute atomic E-state index is 15.1. The number of carbonyl (C=O) groups excluding carboxylic acids is 1. The number of hydrogen-bond acceptors (Lipinski definition) is 9. The van der Waals surface area contributed by atoms with Gasteiger partial charge in [0.2, 0.25) is 0 Å². The van der Waals surface area contributed by atoms with Crippen molar-refractivity contribution < 1.29 is 27.1 Å². The molecule has 3 aromatic heterocycles. The molecule has 222 valence electrons. The predicted octanol–water partition coefficient (Wildman–Crippen LogP) is 5.78. The Morgan fingerprint density at radius 2 is 1.74 bits per heavy atom. The number of pyridine rings is 2. The molecule has 0 radical (unpaired) electrons. The van der Waals surface area contributed by atoms with Crippen LogP contribution in [0.1, 0.15) is 16.7 Å². The van der Waals surface area contributed by atoms with Crippen LogP contribution in [-0.4, -0.2) is 50.7 Å². The normalized spacial score (nSPS) is 11.6. The highest BCUT2D eigenvalue weighted by molar-refractivity contribution is 7.90. The van der Waals surface area contributed by atoms with Gasteiger partial charge in [-0.1, -0.05) is 24.3 Å². The summed E-state index contributed by atoms with van der Waals surface area (Å²) in [5.74, 6) is -0.260. The van der Waals surface area contributed by atoms with E-state index in [2.05, 4.69) is 15.3 Å². The van der Waals surface area contributed by atoms with Crippen molar-refractivity contribution in [3.63, 3.8) is 0 Å². The van der Waals surface area contributed by atoms with Gasteiger partial charge in [0.25, 0.3) is 0 Å². The number of nitrogens with one attached hydrogen (secondary N) is 1. The molecule has 0 atom stereocenters. The van der Waals surface area contributed by atoms with Crippen molar-refractivity contribution in [3.05, 3.63) is 102 Å². The number of methoxy groups -OCH3 is 1. The minimum absolute atomic E-state index is 0.00307. The van der Waals surface area contributed by atoms with Gasteiger partial charge in [-0.2, -0.15) is 0 Å². The van der Waals surface area contributed by atoms with Crippen LogP contribution in [0.5, 0.6) is 11.5 Å². The third-order valence-corrected chi connectivity index (χ3v) is 8.88. The minimum atomic E-state index is -3.38. The maximum atomic E-state index is 15.1. The van der Waals surface area contributed by atoms with Crippen LogP contribution in [0.4, 0.5) is 4.39 Å². The number of rotatable bonds is 13. The number of nitrogens with zero attached hydrogens (tertiary/aromatic N) is 2. The molecule has 0 spiro atoms. The summed E-state index contributed by atoms with van der Waals surface area (Å²) in [6.45, 7) is 2.10. The van der Waals surface area contributed by atoms with Crippen LogP contribution in [0.2, 0.25) is 0 Å². The average Bonchev–Trinajstić information content (AvgIpc) is 3.42. The van der Waals surface area contributed by atoms with Gasteiger partial charge < -0.3 is 14.8 Å². The van der Waals surface area contributed by atoms with Gasteiger partial charge in [-0.25, -0.2) is 12.8 Å². The first-order valence-electron chi connectivity index (χ1n) is 13.5. The number of sulfone groups is 1. The Balaban J connectivity index is 1.26. The lowest BCUT2D eigenvalue weighted by molar-refractivity contribution is -0.117. The lowest BCUT2D eigenvalue weighted by atomic mass is 10.0. The van der Waals surface area contributed by atoms with Gasteiger partial charge in [0.05, 0.1) is 32.3 Å². The van der Waals surface area contributed by atoms with E-state index in [9.17, 15) is 13.2 Å². The summed E-state index contributed by atoms with van der Waals surface area (Å²) < 4.78 is 50.5. The summed E-state index contributed by atoms with van der Waals surface area (Å²) in [5, 5.41) is 3.29. The number of benzene rings is 2. The van der Waals surface area contributed by atoms with Crippen LogP contribution < -0.4 is 10.1 Å². The highest BCUT2D eigenvalue weighted by Crippen LogP contribution is 2.39. The van der Waals surface area contributed by atoms with E-state index in [1.165, 1.54) is 35.6 Å². The summed E-state index contributed by atoms with van der Waals surface area (Å²) in [6.07, 6.45) is 4.61. The first-order valence-corrected chi connectivity index (χ1v) is 16.2. The number of ketones is 1. The van der Waals surface area contributed by atoms with Crippen LogP contribution in [-0.2, 0) is 38.8 Å².